The van der Waals surface area contributed by atoms with Crippen LogP contribution in [0.1, 0.15) is 5.56 Å². The van der Waals surface area contributed by atoms with Gasteiger partial charge in [0, 0.05) is 18.1 Å². The summed E-state index contributed by atoms with van der Waals surface area (Å²) in [5.74, 6) is 0. The molecule has 78 valence electrons. The summed E-state index contributed by atoms with van der Waals surface area (Å²) >= 11 is 0. The summed E-state index contributed by atoms with van der Waals surface area (Å²) in [6.45, 7) is 0. The number of anilines is 1. The number of rotatable bonds is 1. The van der Waals surface area contributed by atoms with E-state index in [0.717, 1.165) is 0 Å². The Labute approximate surface area is 92.0 Å². The normalized spacial score (nSPS) is 9.44. The molecular weight excluding hydrogens is 204 g/mol. The molecule has 0 spiro atoms. The fourth-order valence-electron chi connectivity index (χ4n) is 1.23. The molecule has 1 amide bonds. The molecule has 0 aliphatic carbocycles. The van der Waals surface area contributed by atoms with E-state index in [0.29, 0.717) is 11.3 Å². The van der Waals surface area contributed by atoms with Crippen LogP contribution in [-0.4, -0.2) is 15.6 Å². The van der Waals surface area contributed by atoms with Gasteiger partial charge in [0.25, 0.3) is 0 Å². The quantitative estimate of drug-likeness (QED) is 0.783. The highest BCUT2D eigenvalue weighted by Crippen LogP contribution is 2.09. The van der Waals surface area contributed by atoms with Crippen molar-refractivity contribution >= 4 is 11.7 Å². The largest absolute Gasteiger partial charge is 0.331 e. The SMILES string of the molecule is N#Cc1cccc(NC(=O)n2ccnc2)c1. The van der Waals surface area contributed by atoms with E-state index < -0.39 is 0 Å². The number of amides is 1. The first kappa shape index (κ1) is 9.93. The lowest BCUT2D eigenvalue weighted by Crippen LogP contribution is -2.17. The Bertz CT molecular complexity index is 539. The Morgan fingerprint density at radius 1 is 1.50 bits per heavy atom. The minimum Gasteiger partial charge on any atom is -0.307 e. The Morgan fingerprint density at radius 2 is 2.38 bits per heavy atom. The Kier molecular flexibility index (Phi) is 2.65. The molecule has 1 aromatic carbocycles. The molecule has 1 heterocycles. The Hall–Kier alpha value is -2.61. The summed E-state index contributed by atoms with van der Waals surface area (Å²) in [7, 11) is 0. The molecule has 2 aromatic rings. The van der Waals surface area contributed by atoms with E-state index in [1.54, 1.807) is 30.5 Å². The zero-order valence-corrected chi connectivity index (χ0v) is 8.29. The molecular formula is C11H8N4O. The van der Waals surface area contributed by atoms with E-state index in [1.807, 2.05) is 6.07 Å². The third-order valence-electron chi connectivity index (χ3n) is 1.98. The van der Waals surface area contributed by atoms with Crippen LogP contribution in [0.3, 0.4) is 0 Å². The predicted octanol–water partition coefficient (Wildman–Crippen LogP) is 1.83. The van der Waals surface area contributed by atoms with E-state index in [-0.39, 0.29) is 6.03 Å². The molecule has 0 radical (unpaired) electrons. The number of nitriles is 1. The standard InChI is InChI=1S/C11H8N4O/c12-7-9-2-1-3-10(6-9)14-11(16)15-5-4-13-8-15/h1-6,8H,(H,14,16). The number of hydrogen-bond acceptors (Lipinski definition) is 3. The predicted molar refractivity (Wildman–Crippen MR) is 57.8 cm³/mol. The maximum absolute atomic E-state index is 11.6. The molecule has 0 saturated heterocycles. The lowest BCUT2D eigenvalue weighted by Gasteiger charge is -2.04. The zero-order chi connectivity index (χ0) is 11.4. The summed E-state index contributed by atoms with van der Waals surface area (Å²) < 4.78 is 1.32. The number of nitrogens with zero attached hydrogens (tertiary/aromatic N) is 3. The fraction of sp³-hybridized carbons (Fsp3) is 0. The van der Waals surface area contributed by atoms with Crippen LogP contribution in [0.4, 0.5) is 10.5 Å². The highest BCUT2D eigenvalue weighted by Gasteiger charge is 2.03. The first-order valence-corrected chi connectivity index (χ1v) is 4.59. The van der Waals surface area contributed by atoms with Crippen molar-refractivity contribution in [2.24, 2.45) is 0 Å². The second-order valence-electron chi connectivity index (χ2n) is 3.09. The number of aromatic nitrogens is 2. The van der Waals surface area contributed by atoms with Crippen LogP contribution in [0.5, 0.6) is 0 Å². The second kappa shape index (κ2) is 4.28. The van der Waals surface area contributed by atoms with E-state index in [9.17, 15) is 4.79 Å². The molecule has 1 N–H and O–H groups in total. The molecule has 5 heteroatoms. The second-order valence-corrected chi connectivity index (χ2v) is 3.09. The molecule has 0 fully saturated rings. The number of nitrogens with one attached hydrogen (secondary N) is 1. The number of imidazole rings is 1. The van der Waals surface area contributed by atoms with Crippen molar-refractivity contribution in [3.63, 3.8) is 0 Å². The summed E-state index contributed by atoms with van der Waals surface area (Å²) in [6, 6.07) is 8.40. The topological polar surface area (TPSA) is 70.7 Å². The van der Waals surface area contributed by atoms with Gasteiger partial charge in [0.15, 0.2) is 0 Å². The van der Waals surface area contributed by atoms with Crippen molar-refractivity contribution in [1.29, 1.82) is 5.26 Å². The van der Waals surface area contributed by atoms with E-state index in [4.69, 9.17) is 5.26 Å². The summed E-state index contributed by atoms with van der Waals surface area (Å²) in [4.78, 5) is 15.4. The van der Waals surface area contributed by atoms with E-state index in [1.165, 1.54) is 17.1 Å². The number of benzene rings is 1. The summed E-state index contributed by atoms with van der Waals surface area (Å²) in [6.07, 6.45) is 4.47. The van der Waals surface area contributed by atoms with Gasteiger partial charge in [-0.2, -0.15) is 5.26 Å². The Balaban J connectivity index is 2.16. The first-order valence-electron chi connectivity index (χ1n) is 4.59. The molecule has 0 aliphatic rings. The molecule has 1 aromatic heterocycles. The Morgan fingerprint density at radius 3 is 3.06 bits per heavy atom. The first-order chi connectivity index (χ1) is 7.79. The van der Waals surface area contributed by atoms with Gasteiger partial charge in [0.05, 0.1) is 11.6 Å². The van der Waals surface area contributed by atoms with Gasteiger partial charge in [-0.15, -0.1) is 0 Å². The van der Waals surface area contributed by atoms with Gasteiger partial charge in [-0.25, -0.2) is 9.78 Å². The molecule has 0 aliphatic heterocycles. The lowest BCUT2D eigenvalue weighted by atomic mass is 10.2. The van der Waals surface area contributed by atoms with Crippen molar-refractivity contribution in [2.45, 2.75) is 0 Å². The van der Waals surface area contributed by atoms with Crippen LogP contribution < -0.4 is 5.32 Å². The van der Waals surface area contributed by atoms with Crippen LogP contribution in [0, 0.1) is 11.3 Å². The minimum absolute atomic E-state index is 0.312. The van der Waals surface area contributed by atoms with Gasteiger partial charge in [-0.1, -0.05) is 6.07 Å². The molecule has 0 atom stereocenters. The average Bonchev–Trinajstić information content (AvgIpc) is 2.83. The van der Waals surface area contributed by atoms with Gasteiger partial charge in [0.2, 0.25) is 0 Å². The van der Waals surface area contributed by atoms with Crippen molar-refractivity contribution < 1.29 is 4.79 Å². The smallest absolute Gasteiger partial charge is 0.307 e. The van der Waals surface area contributed by atoms with Crippen LogP contribution in [0.25, 0.3) is 0 Å². The maximum Gasteiger partial charge on any atom is 0.331 e. The lowest BCUT2D eigenvalue weighted by molar-refractivity contribution is 0.253. The van der Waals surface area contributed by atoms with E-state index >= 15 is 0 Å². The van der Waals surface area contributed by atoms with Crippen molar-refractivity contribution in [3.05, 3.63) is 48.5 Å². The number of carbonyl (C=O) groups is 1. The van der Waals surface area contributed by atoms with Crippen LogP contribution in [0.2, 0.25) is 0 Å². The minimum atomic E-state index is -0.312. The summed E-state index contributed by atoms with van der Waals surface area (Å²) in [5.41, 5.74) is 1.08. The maximum atomic E-state index is 11.6. The molecule has 0 unspecified atom stereocenters. The molecule has 5 nitrogen and oxygen atoms in total. The van der Waals surface area contributed by atoms with Gasteiger partial charge < -0.3 is 5.32 Å². The summed E-state index contributed by atoms with van der Waals surface area (Å²) in [5, 5.41) is 11.4. The monoisotopic (exact) mass is 212 g/mol. The third-order valence-corrected chi connectivity index (χ3v) is 1.98. The van der Waals surface area contributed by atoms with Gasteiger partial charge in [0.1, 0.15) is 6.33 Å². The number of carbonyl (C=O) groups excluding carboxylic acids is 1. The fourth-order valence-corrected chi connectivity index (χ4v) is 1.23. The highest BCUT2D eigenvalue weighted by molar-refractivity contribution is 5.90. The third kappa shape index (κ3) is 2.07. The van der Waals surface area contributed by atoms with Gasteiger partial charge >= 0.3 is 6.03 Å². The van der Waals surface area contributed by atoms with Gasteiger partial charge in [-0.05, 0) is 18.2 Å². The molecule has 0 saturated carbocycles. The van der Waals surface area contributed by atoms with Crippen LogP contribution in [0.15, 0.2) is 43.0 Å². The van der Waals surface area contributed by atoms with Crippen LogP contribution in [-0.2, 0) is 0 Å². The van der Waals surface area contributed by atoms with Crippen molar-refractivity contribution in [1.82, 2.24) is 9.55 Å². The van der Waals surface area contributed by atoms with Gasteiger partial charge in [-0.3, -0.25) is 4.57 Å². The molecule has 0 bridgehead atoms. The zero-order valence-electron chi connectivity index (χ0n) is 8.29. The number of hydrogen-bond donors (Lipinski definition) is 1. The van der Waals surface area contributed by atoms with Crippen LogP contribution >= 0.6 is 0 Å². The average molecular weight is 212 g/mol. The van der Waals surface area contributed by atoms with Crippen molar-refractivity contribution in [2.75, 3.05) is 5.32 Å². The molecule has 2 rings (SSSR count). The van der Waals surface area contributed by atoms with Crippen molar-refractivity contribution in [3.8, 4) is 6.07 Å². The van der Waals surface area contributed by atoms with E-state index in [2.05, 4.69) is 10.3 Å². The molecule has 16 heavy (non-hydrogen) atoms. The highest BCUT2D eigenvalue weighted by atomic mass is 16.2.